The first-order chi connectivity index (χ1) is 7.73. The van der Waals surface area contributed by atoms with Gasteiger partial charge >= 0.3 is 0 Å². The highest BCUT2D eigenvalue weighted by Crippen LogP contribution is 2.29. The van der Waals surface area contributed by atoms with Crippen LogP contribution in [0.2, 0.25) is 0 Å². The molecule has 0 spiro atoms. The Balaban J connectivity index is 2.11. The van der Waals surface area contributed by atoms with E-state index in [1.165, 1.54) is 5.56 Å². The zero-order valence-electron chi connectivity index (χ0n) is 9.18. The van der Waals surface area contributed by atoms with Gasteiger partial charge in [0.25, 0.3) is 0 Å². The van der Waals surface area contributed by atoms with Crippen molar-refractivity contribution >= 4 is 5.65 Å². The van der Waals surface area contributed by atoms with Crippen LogP contribution in [-0.2, 0) is 10.2 Å². The third-order valence-corrected chi connectivity index (χ3v) is 3.11. The van der Waals surface area contributed by atoms with Crippen molar-refractivity contribution in [3.05, 3.63) is 29.7 Å². The van der Waals surface area contributed by atoms with Gasteiger partial charge in [-0.3, -0.25) is 0 Å². The highest BCUT2D eigenvalue weighted by Gasteiger charge is 2.42. The number of aromatic nitrogens is 3. The molecule has 2 aromatic heterocycles. The number of nitrogens with zero attached hydrogens (tertiary/aromatic N) is 3. The molecule has 0 aromatic carbocycles. The molecule has 0 unspecified atom stereocenters. The maximum absolute atomic E-state index is 5.78. The van der Waals surface area contributed by atoms with E-state index in [1.54, 1.807) is 4.52 Å². The highest BCUT2D eigenvalue weighted by atomic mass is 16.5. The van der Waals surface area contributed by atoms with E-state index in [0.29, 0.717) is 19.8 Å². The van der Waals surface area contributed by atoms with Crippen LogP contribution in [0.3, 0.4) is 0 Å². The summed E-state index contributed by atoms with van der Waals surface area (Å²) in [5, 5.41) is 4.46. The summed E-state index contributed by atoms with van der Waals surface area (Å²) in [6, 6.07) is 4.03. The molecule has 0 radical (unpaired) electrons. The van der Waals surface area contributed by atoms with Crippen molar-refractivity contribution in [2.75, 3.05) is 19.8 Å². The van der Waals surface area contributed by atoms with Crippen molar-refractivity contribution in [2.24, 2.45) is 5.73 Å². The van der Waals surface area contributed by atoms with Gasteiger partial charge in [0.15, 0.2) is 11.5 Å². The van der Waals surface area contributed by atoms with Gasteiger partial charge in [0.1, 0.15) is 0 Å². The van der Waals surface area contributed by atoms with E-state index in [4.69, 9.17) is 10.5 Å². The van der Waals surface area contributed by atoms with Crippen LogP contribution in [-0.4, -0.2) is 34.4 Å². The van der Waals surface area contributed by atoms with E-state index < -0.39 is 0 Å². The number of ether oxygens (including phenoxy) is 1. The molecule has 0 atom stereocenters. The van der Waals surface area contributed by atoms with Crippen molar-refractivity contribution in [1.82, 2.24) is 14.6 Å². The second kappa shape index (κ2) is 3.26. The normalized spacial score (nSPS) is 18.6. The number of aryl methyl sites for hydroxylation is 1. The number of rotatable bonds is 2. The maximum Gasteiger partial charge on any atom is 0.163 e. The van der Waals surface area contributed by atoms with Crippen LogP contribution >= 0.6 is 0 Å². The Morgan fingerprint density at radius 3 is 3.00 bits per heavy atom. The Hall–Kier alpha value is -1.46. The number of hydrogen-bond donors (Lipinski definition) is 1. The average molecular weight is 218 g/mol. The minimum atomic E-state index is -0.167. The smallest absolute Gasteiger partial charge is 0.163 e. The minimum Gasteiger partial charge on any atom is -0.379 e. The lowest BCUT2D eigenvalue weighted by atomic mass is 9.85. The number of pyridine rings is 1. The Kier molecular flexibility index (Phi) is 1.99. The van der Waals surface area contributed by atoms with Crippen LogP contribution in [0.4, 0.5) is 0 Å². The molecule has 5 heteroatoms. The van der Waals surface area contributed by atoms with Gasteiger partial charge in [-0.1, -0.05) is 0 Å². The molecule has 0 aliphatic carbocycles. The molecule has 1 aliphatic heterocycles. The lowest BCUT2D eigenvalue weighted by Crippen LogP contribution is -2.53. The van der Waals surface area contributed by atoms with Gasteiger partial charge < -0.3 is 10.5 Å². The summed E-state index contributed by atoms with van der Waals surface area (Å²) in [5.41, 5.74) is 7.67. The zero-order valence-corrected chi connectivity index (χ0v) is 9.18. The molecule has 0 amide bonds. The number of hydrogen-bond acceptors (Lipinski definition) is 4. The predicted molar refractivity (Wildman–Crippen MR) is 59.3 cm³/mol. The fraction of sp³-hybridized carbons (Fsp3) is 0.455. The standard InChI is InChI=1S/C11H14N4O/c1-8-2-3-15-9(4-8)13-10(14-15)11(5-12)6-16-7-11/h2-4H,5-7,12H2,1H3. The van der Waals surface area contributed by atoms with Gasteiger partial charge in [0.05, 0.1) is 18.6 Å². The molecule has 5 nitrogen and oxygen atoms in total. The Labute approximate surface area is 93.2 Å². The Morgan fingerprint density at radius 2 is 2.38 bits per heavy atom. The van der Waals surface area contributed by atoms with E-state index >= 15 is 0 Å². The molecule has 84 valence electrons. The number of fused-ring (bicyclic) bond motifs is 1. The van der Waals surface area contributed by atoms with Crippen LogP contribution in [0.15, 0.2) is 18.3 Å². The molecular formula is C11H14N4O. The lowest BCUT2D eigenvalue weighted by Gasteiger charge is -2.37. The summed E-state index contributed by atoms with van der Waals surface area (Å²) >= 11 is 0. The highest BCUT2D eigenvalue weighted by molar-refractivity contribution is 5.41. The summed E-state index contributed by atoms with van der Waals surface area (Å²) < 4.78 is 7.02. The van der Waals surface area contributed by atoms with E-state index in [0.717, 1.165) is 11.5 Å². The predicted octanol–water partition coefficient (Wildman–Crippen LogP) is 0.264. The first-order valence-electron chi connectivity index (χ1n) is 5.35. The van der Waals surface area contributed by atoms with Gasteiger partial charge in [-0.25, -0.2) is 9.50 Å². The molecule has 1 fully saturated rings. The molecule has 3 rings (SSSR count). The van der Waals surface area contributed by atoms with E-state index in [-0.39, 0.29) is 5.41 Å². The molecule has 16 heavy (non-hydrogen) atoms. The SMILES string of the molecule is Cc1ccn2nc(C3(CN)COC3)nc2c1. The molecule has 3 heterocycles. The molecule has 0 bridgehead atoms. The summed E-state index contributed by atoms with van der Waals surface area (Å²) in [6.45, 7) is 3.82. The third-order valence-electron chi connectivity index (χ3n) is 3.11. The van der Waals surface area contributed by atoms with Crippen LogP contribution in [0.5, 0.6) is 0 Å². The Bertz CT molecular complexity index is 524. The fourth-order valence-corrected chi connectivity index (χ4v) is 1.89. The van der Waals surface area contributed by atoms with Gasteiger partial charge in [0.2, 0.25) is 0 Å². The first kappa shape index (κ1) is 9.74. The maximum atomic E-state index is 5.78. The summed E-state index contributed by atoms with van der Waals surface area (Å²) in [4.78, 5) is 4.53. The van der Waals surface area contributed by atoms with E-state index in [2.05, 4.69) is 10.1 Å². The van der Waals surface area contributed by atoms with Gasteiger partial charge in [-0.05, 0) is 24.6 Å². The molecule has 2 aromatic rings. The van der Waals surface area contributed by atoms with Crippen LogP contribution in [0.1, 0.15) is 11.4 Å². The quantitative estimate of drug-likeness (QED) is 0.785. The molecule has 1 saturated heterocycles. The topological polar surface area (TPSA) is 65.4 Å². The van der Waals surface area contributed by atoms with Crippen molar-refractivity contribution in [1.29, 1.82) is 0 Å². The molecule has 0 saturated carbocycles. The zero-order chi connectivity index (χ0) is 11.2. The second-order valence-electron chi connectivity index (χ2n) is 4.42. The van der Waals surface area contributed by atoms with Crippen molar-refractivity contribution in [3.8, 4) is 0 Å². The van der Waals surface area contributed by atoms with E-state index in [9.17, 15) is 0 Å². The largest absolute Gasteiger partial charge is 0.379 e. The van der Waals surface area contributed by atoms with Crippen LogP contribution in [0, 0.1) is 6.92 Å². The molecule has 1 aliphatic rings. The van der Waals surface area contributed by atoms with Crippen molar-refractivity contribution in [3.63, 3.8) is 0 Å². The average Bonchev–Trinajstić information content (AvgIpc) is 2.60. The van der Waals surface area contributed by atoms with Gasteiger partial charge in [-0.2, -0.15) is 5.10 Å². The monoisotopic (exact) mass is 218 g/mol. The van der Waals surface area contributed by atoms with Crippen LogP contribution < -0.4 is 5.73 Å². The fourth-order valence-electron chi connectivity index (χ4n) is 1.89. The molecular weight excluding hydrogens is 204 g/mol. The Morgan fingerprint density at radius 1 is 1.56 bits per heavy atom. The van der Waals surface area contributed by atoms with Gasteiger partial charge in [-0.15, -0.1) is 0 Å². The molecule has 2 N–H and O–H groups in total. The minimum absolute atomic E-state index is 0.167. The first-order valence-corrected chi connectivity index (χ1v) is 5.35. The summed E-state index contributed by atoms with van der Waals surface area (Å²) in [5.74, 6) is 0.798. The van der Waals surface area contributed by atoms with Gasteiger partial charge in [0, 0.05) is 12.7 Å². The van der Waals surface area contributed by atoms with Crippen LogP contribution in [0.25, 0.3) is 5.65 Å². The van der Waals surface area contributed by atoms with Crippen molar-refractivity contribution in [2.45, 2.75) is 12.3 Å². The van der Waals surface area contributed by atoms with Crippen molar-refractivity contribution < 1.29 is 4.74 Å². The second-order valence-corrected chi connectivity index (χ2v) is 4.42. The number of nitrogens with two attached hydrogens (primary N) is 1. The van der Waals surface area contributed by atoms with E-state index in [1.807, 2.05) is 25.3 Å². The lowest BCUT2D eigenvalue weighted by molar-refractivity contribution is -0.0592. The third kappa shape index (κ3) is 1.25. The summed E-state index contributed by atoms with van der Waals surface area (Å²) in [7, 11) is 0. The summed E-state index contributed by atoms with van der Waals surface area (Å²) in [6.07, 6.45) is 1.92.